The van der Waals surface area contributed by atoms with Gasteiger partial charge in [0.25, 0.3) is 5.91 Å². The summed E-state index contributed by atoms with van der Waals surface area (Å²) in [6.45, 7) is 2.02. The minimum atomic E-state index is -0.122. The van der Waals surface area contributed by atoms with Crippen LogP contribution in [0.2, 0.25) is 0 Å². The zero-order valence-electron chi connectivity index (χ0n) is 14.5. The van der Waals surface area contributed by atoms with Crippen LogP contribution >= 0.6 is 0 Å². The van der Waals surface area contributed by atoms with Crippen LogP contribution in [0.4, 0.5) is 0 Å². The predicted molar refractivity (Wildman–Crippen MR) is 90.7 cm³/mol. The van der Waals surface area contributed by atoms with E-state index >= 15 is 0 Å². The molecule has 1 saturated carbocycles. The van der Waals surface area contributed by atoms with Crippen molar-refractivity contribution in [2.75, 3.05) is 27.2 Å². The fourth-order valence-electron chi connectivity index (χ4n) is 3.22. The molecule has 0 aromatic carbocycles. The van der Waals surface area contributed by atoms with Gasteiger partial charge in [-0.15, -0.1) is 0 Å². The number of likely N-dealkylation sites (N-methyl/N-ethyl adjacent to an activating group) is 1. The van der Waals surface area contributed by atoms with E-state index in [1.54, 1.807) is 6.33 Å². The Morgan fingerprint density at radius 3 is 2.79 bits per heavy atom. The molecule has 2 N–H and O–H groups in total. The summed E-state index contributed by atoms with van der Waals surface area (Å²) in [5.74, 6) is 0.0101. The first kappa shape index (κ1) is 17.0. The number of amides is 2. The van der Waals surface area contributed by atoms with Crippen molar-refractivity contribution < 1.29 is 9.59 Å². The lowest BCUT2D eigenvalue weighted by Crippen LogP contribution is -2.44. The van der Waals surface area contributed by atoms with Gasteiger partial charge in [0.1, 0.15) is 5.69 Å². The number of fused-ring (bicyclic) bond motifs is 1. The van der Waals surface area contributed by atoms with Gasteiger partial charge in [0, 0.05) is 25.7 Å². The van der Waals surface area contributed by atoms with Crippen LogP contribution in [0.3, 0.4) is 0 Å². The van der Waals surface area contributed by atoms with E-state index in [9.17, 15) is 9.59 Å². The SMILES string of the molecule is CN(C)CCNC(=O)c1ncn2c1CCC(C(=O)NC1CCC1)C2. The average Bonchev–Trinajstić information content (AvgIpc) is 2.93. The Balaban J connectivity index is 1.57. The van der Waals surface area contributed by atoms with Crippen molar-refractivity contribution in [1.82, 2.24) is 25.1 Å². The Morgan fingerprint density at radius 2 is 2.12 bits per heavy atom. The fraction of sp³-hybridized carbons (Fsp3) is 0.706. The molecule has 2 amide bonds. The van der Waals surface area contributed by atoms with Crippen LogP contribution in [0.1, 0.15) is 41.9 Å². The Kier molecular flexibility index (Phi) is 5.18. The highest BCUT2D eigenvalue weighted by Crippen LogP contribution is 2.24. The molecule has 0 radical (unpaired) electrons. The number of rotatable bonds is 6. The van der Waals surface area contributed by atoms with Gasteiger partial charge in [-0.3, -0.25) is 9.59 Å². The number of hydrogen-bond acceptors (Lipinski definition) is 4. The van der Waals surface area contributed by atoms with Gasteiger partial charge in [-0.2, -0.15) is 0 Å². The molecule has 7 nitrogen and oxygen atoms in total. The van der Waals surface area contributed by atoms with E-state index in [1.165, 1.54) is 6.42 Å². The summed E-state index contributed by atoms with van der Waals surface area (Å²) in [6, 6.07) is 0.375. The number of nitrogens with one attached hydrogen (secondary N) is 2. The Bertz CT molecular complexity index is 606. The van der Waals surface area contributed by atoms with Crippen molar-refractivity contribution in [3.05, 3.63) is 17.7 Å². The summed E-state index contributed by atoms with van der Waals surface area (Å²) < 4.78 is 1.97. The number of carbonyl (C=O) groups excluding carboxylic acids is 2. The first-order chi connectivity index (χ1) is 11.5. The maximum Gasteiger partial charge on any atom is 0.271 e. The first-order valence-electron chi connectivity index (χ1n) is 8.82. The van der Waals surface area contributed by atoms with Crippen molar-refractivity contribution in [1.29, 1.82) is 0 Å². The molecular weight excluding hydrogens is 306 g/mol. The van der Waals surface area contributed by atoms with Crippen molar-refractivity contribution >= 4 is 11.8 Å². The summed E-state index contributed by atoms with van der Waals surface area (Å²) in [4.78, 5) is 30.9. The maximum atomic E-state index is 12.3. The normalized spacial score (nSPS) is 20.4. The standard InChI is InChI=1S/C17H27N5O2/c1-21(2)9-8-18-17(24)15-14-7-6-12(10-22(14)11-19-15)16(23)20-13-4-3-5-13/h11-13H,3-10H2,1-2H3,(H,18,24)(H,20,23). The molecule has 1 aliphatic heterocycles. The highest BCUT2D eigenvalue weighted by Gasteiger charge is 2.30. The molecule has 0 spiro atoms. The highest BCUT2D eigenvalue weighted by molar-refractivity contribution is 5.93. The van der Waals surface area contributed by atoms with Crippen LogP contribution in [0.15, 0.2) is 6.33 Å². The minimum Gasteiger partial charge on any atom is -0.353 e. The molecule has 1 unspecified atom stereocenters. The van der Waals surface area contributed by atoms with Crippen LogP contribution in [-0.4, -0.2) is 59.5 Å². The third-order valence-corrected chi connectivity index (χ3v) is 4.97. The molecule has 1 atom stereocenters. The van der Waals surface area contributed by atoms with E-state index < -0.39 is 0 Å². The van der Waals surface area contributed by atoms with Crippen molar-refractivity contribution in [2.45, 2.75) is 44.7 Å². The summed E-state index contributed by atoms with van der Waals surface area (Å²) in [7, 11) is 3.94. The van der Waals surface area contributed by atoms with Crippen LogP contribution in [0.5, 0.6) is 0 Å². The summed E-state index contributed by atoms with van der Waals surface area (Å²) >= 11 is 0. The van der Waals surface area contributed by atoms with Crippen LogP contribution in [-0.2, 0) is 17.8 Å². The van der Waals surface area contributed by atoms with Gasteiger partial charge in [-0.1, -0.05) is 0 Å². The van der Waals surface area contributed by atoms with E-state index in [0.29, 0.717) is 24.8 Å². The van der Waals surface area contributed by atoms with E-state index in [0.717, 1.165) is 37.9 Å². The lowest BCUT2D eigenvalue weighted by Gasteiger charge is -2.30. The molecule has 1 aromatic heterocycles. The number of nitrogens with zero attached hydrogens (tertiary/aromatic N) is 3. The molecule has 0 bridgehead atoms. The minimum absolute atomic E-state index is 0.0167. The lowest BCUT2D eigenvalue weighted by molar-refractivity contribution is -0.127. The van der Waals surface area contributed by atoms with Crippen molar-refractivity contribution in [2.24, 2.45) is 5.92 Å². The summed E-state index contributed by atoms with van der Waals surface area (Å²) in [5.41, 5.74) is 1.46. The molecule has 24 heavy (non-hydrogen) atoms. The third-order valence-electron chi connectivity index (χ3n) is 4.97. The molecule has 2 aliphatic rings. The zero-order chi connectivity index (χ0) is 17.1. The molecule has 2 heterocycles. The van der Waals surface area contributed by atoms with Gasteiger partial charge in [-0.25, -0.2) is 4.98 Å². The van der Waals surface area contributed by atoms with E-state index in [2.05, 4.69) is 15.6 Å². The average molecular weight is 333 g/mol. The third kappa shape index (κ3) is 3.77. The van der Waals surface area contributed by atoms with E-state index in [1.807, 2.05) is 23.6 Å². The summed E-state index contributed by atoms with van der Waals surface area (Å²) in [6.07, 6.45) is 6.62. The number of carbonyl (C=O) groups is 2. The second-order valence-corrected chi connectivity index (χ2v) is 7.12. The van der Waals surface area contributed by atoms with Gasteiger partial charge in [0.2, 0.25) is 5.91 Å². The molecule has 1 aliphatic carbocycles. The molecule has 1 fully saturated rings. The molecule has 132 valence electrons. The number of aromatic nitrogens is 2. The van der Waals surface area contributed by atoms with Gasteiger partial charge >= 0.3 is 0 Å². The topological polar surface area (TPSA) is 79.3 Å². The zero-order valence-corrected chi connectivity index (χ0v) is 14.5. The highest BCUT2D eigenvalue weighted by atomic mass is 16.2. The molecule has 1 aromatic rings. The van der Waals surface area contributed by atoms with Crippen molar-refractivity contribution in [3.8, 4) is 0 Å². The first-order valence-corrected chi connectivity index (χ1v) is 8.82. The second kappa shape index (κ2) is 7.34. The van der Waals surface area contributed by atoms with Crippen LogP contribution in [0.25, 0.3) is 0 Å². The number of hydrogen-bond donors (Lipinski definition) is 2. The van der Waals surface area contributed by atoms with Gasteiger partial charge in [-0.05, 0) is 46.2 Å². The molecule has 3 rings (SSSR count). The van der Waals surface area contributed by atoms with Crippen molar-refractivity contribution in [3.63, 3.8) is 0 Å². The van der Waals surface area contributed by atoms with Gasteiger partial charge in [0.05, 0.1) is 17.9 Å². The predicted octanol–water partition coefficient (Wildman–Crippen LogP) is 0.406. The molecule has 0 saturated heterocycles. The fourth-order valence-corrected chi connectivity index (χ4v) is 3.22. The molecule has 7 heteroatoms. The van der Waals surface area contributed by atoms with Gasteiger partial charge in [0.15, 0.2) is 0 Å². The Hall–Kier alpha value is -1.89. The maximum absolute atomic E-state index is 12.3. The Morgan fingerprint density at radius 1 is 1.33 bits per heavy atom. The number of imidazole rings is 1. The smallest absolute Gasteiger partial charge is 0.271 e. The Labute approximate surface area is 142 Å². The van der Waals surface area contributed by atoms with E-state index in [4.69, 9.17) is 0 Å². The van der Waals surface area contributed by atoms with E-state index in [-0.39, 0.29) is 17.7 Å². The summed E-state index contributed by atoms with van der Waals surface area (Å²) in [5, 5.41) is 6.03. The lowest BCUT2D eigenvalue weighted by atomic mass is 9.91. The van der Waals surface area contributed by atoms with Crippen LogP contribution in [0, 0.1) is 5.92 Å². The molecular formula is C17H27N5O2. The van der Waals surface area contributed by atoms with Crippen LogP contribution < -0.4 is 10.6 Å². The quantitative estimate of drug-likeness (QED) is 0.790. The largest absolute Gasteiger partial charge is 0.353 e. The van der Waals surface area contributed by atoms with Gasteiger partial charge < -0.3 is 20.1 Å². The monoisotopic (exact) mass is 333 g/mol. The second-order valence-electron chi connectivity index (χ2n) is 7.12.